The van der Waals surface area contributed by atoms with E-state index in [1.54, 1.807) is 0 Å². The van der Waals surface area contributed by atoms with Crippen molar-refractivity contribution in [1.29, 1.82) is 0 Å². The van der Waals surface area contributed by atoms with E-state index in [1.165, 1.54) is 6.07 Å². The molecule has 0 radical (unpaired) electrons. The highest BCUT2D eigenvalue weighted by molar-refractivity contribution is 5.92. The van der Waals surface area contributed by atoms with Crippen LogP contribution in [0, 0.1) is 0 Å². The van der Waals surface area contributed by atoms with E-state index in [0.29, 0.717) is 0 Å². The van der Waals surface area contributed by atoms with Gasteiger partial charge in [-0.3, -0.25) is 14.6 Å². The number of benzene rings is 1. The van der Waals surface area contributed by atoms with Crippen LogP contribution in [0.15, 0.2) is 39.9 Å². The highest BCUT2D eigenvalue weighted by Gasteiger charge is 2.08. The first-order valence-corrected chi connectivity index (χ1v) is 6.28. The van der Waals surface area contributed by atoms with E-state index in [1.807, 2.05) is 31.2 Å². The van der Waals surface area contributed by atoms with E-state index in [0.717, 1.165) is 17.7 Å². The highest BCUT2D eigenvalue weighted by Crippen LogP contribution is 2.15. The molecule has 0 aliphatic rings. The SMILES string of the molecule is CCc1ccccc1NC(=O)Cc1cc(=O)[nH]c(=O)[nH]1. The molecule has 0 atom stereocenters. The van der Waals surface area contributed by atoms with Crippen LogP contribution in [-0.2, 0) is 17.6 Å². The molecular formula is C14H15N3O3. The van der Waals surface area contributed by atoms with Crippen molar-refractivity contribution in [2.45, 2.75) is 19.8 Å². The highest BCUT2D eigenvalue weighted by atomic mass is 16.2. The summed E-state index contributed by atoms with van der Waals surface area (Å²) in [6.45, 7) is 2.00. The molecule has 0 aliphatic carbocycles. The molecule has 0 saturated heterocycles. The molecule has 2 rings (SSSR count). The first-order valence-electron chi connectivity index (χ1n) is 6.28. The molecule has 104 valence electrons. The second-order valence-electron chi connectivity index (χ2n) is 4.35. The largest absolute Gasteiger partial charge is 0.326 e. The first kappa shape index (κ1) is 13.8. The molecule has 0 spiro atoms. The Balaban J connectivity index is 2.13. The summed E-state index contributed by atoms with van der Waals surface area (Å²) in [4.78, 5) is 38.7. The van der Waals surface area contributed by atoms with Gasteiger partial charge in [0.1, 0.15) is 0 Å². The molecule has 1 aromatic heterocycles. The Kier molecular flexibility index (Phi) is 4.14. The maximum absolute atomic E-state index is 11.9. The summed E-state index contributed by atoms with van der Waals surface area (Å²) in [6, 6.07) is 8.70. The minimum absolute atomic E-state index is 0.0583. The van der Waals surface area contributed by atoms with E-state index in [2.05, 4.69) is 15.3 Å². The standard InChI is InChI=1S/C14H15N3O3/c1-2-9-5-3-4-6-11(9)16-12(18)7-10-8-13(19)17-14(20)15-10/h3-6,8H,2,7H2,1H3,(H,16,18)(H2,15,17,19,20). The topological polar surface area (TPSA) is 94.8 Å². The molecule has 2 aromatic rings. The zero-order valence-corrected chi connectivity index (χ0v) is 11.0. The van der Waals surface area contributed by atoms with Crippen molar-refractivity contribution < 1.29 is 4.79 Å². The van der Waals surface area contributed by atoms with Gasteiger partial charge in [0.2, 0.25) is 5.91 Å². The molecule has 3 N–H and O–H groups in total. The number of carbonyl (C=O) groups excluding carboxylic acids is 1. The van der Waals surface area contributed by atoms with Crippen LogP contribution in [0.2, 0.25) is 0 Å². The number of H-pyrrole nitrogens is 2. The van der Waals surface area contributed by atoms with E-state index in [9.17, 15) is 14.4 Å². The molecule has 20 heavy (non-hydrogen) atoms. The number of amides is 1. The normalized spacial score (nSPS) is 10.2. The number of aryl methyl sites for hydroxylation is 1. The van der Waals surface area contributed by atoms with Crippen LogP contribution in [0.1, 0.15) is 18.2 Å². The summed E-state index contributed by atoms with van der Waals surface area (Å²) in [5.74, 6) is -0.285. The number of nitrogens with one attached hydrogen (secondary N) is 3. The van der Waals surface area contributed by atoms with Crippen molar-refractivity contribution in [3.8, 4) is 0 Å². The second-order valence-corrected chi connectivity index (χ2v) is 4.35. The van der Waals surface area contributed by atoms with Crippen LogP contribution >= 0.6 is 0 Å². The summed E-state index contributed by atoms with van der Waals surface area (Å²) in [7, 11) is 0. The number of hydrogen-bond acceptors (Lipinski definition) is 3. The maximum Gasteiger partial charge on any atom is 0.325 e. The summed E-state index contributed by atoms with van der Waals surface area (Å²) >= 11 is 0. The predicted octanol–water partition coefficient (Wildman–Crippen LogP) is 0.807. The van der Waals surface area contributed by atoms with E-state index in [4.69, 9.17) is 0 Å². The number of para-hydroxylation sites is 1. The van der Waals surface area contributed by atoms with Gasteiger partial charge in [-0.2, -0.15) is 0 Å². The fourth-order valence-electron chi connectivity index (χ4n) is 1.93. The first-order chi connectivity index (χ1) is 9.58. The zero-order valence-electron chi connectivity index (χ0n) is 11.0. The number of rotatable bonds is 4. The fraction of sp³-hybridized carbons (Fsp3) is 0.214. The van der Waals surface area contributed by atoms with Gasteiger partial charge in [0.25, 0.3) is 5.56 Å². The van der Waals surface area contributed by atoms with Crippen molar-refractivity contribution in [3.63, 3.8) is 0 Å². The molecule has 6 nitrogen and oxygen atoms in total. The Morgan fingerprint density at radius 3 is 2.65 bits per heavy atom. The van der Waals surface area contributed by atoms with Crippen molar-refractivity contribution in [3.05, 3.63) is 62.4 Å². The van der Waals surface area contributed by atoms with Crippen molar-refractivity contribution in [2.24, 2.45) is 0 Å². The fourth-order valence-corrected chi connectivity index (χ4v) is 1.93. The number of aromatic nitrogens is 2. The van der Waals surface area contributed by atoms with Gasteiger partial charge in [-0.15, -0.1) is 0 Å². The minimum Gasteiger partial charge on any atom is -0.326 e. The molecule has 0 unspecified atom stereocenters. The summed E-state index contributed by atoms with van der Waals surface area (Å²) < 4.78 is 0. The van der Waals surface area contributed by atoms with Crippen LogP contribution < -0.4 is 16.6 Å². The molecule has 6 heteroatoms. The van der Waals surface area contributed by atoms with E-state index >= 15 is 0 Å². The maximum atomic E-state index is 11.9. The number of hydrogen-bond donors (Lipinski definition) is 3. The quantitative estimate of drug-likeness (QED) is 0.769. The van der Waals surface area contributed by atoms with Gasteiger partial charge < -0.3 is 10.3 Å². The van der Waals surface area contributed by atoms with Crippen LogP contribution in [0.4, 0.5) is 5.69 Å². The molecule has 1 aromatic carbocycles. The number of aromatic amines is 2. The van der Waals surface area contributed by atoms with Crippen LogP contribution in [0.3, 0.4) is 0 Å². The van der Waals surface area contributed by atoms with Gasteiger partial charge >= 0.3 is 5.69 Å². The Labute approximate surface area is 114 Å². The average Bonchev–Trinajstić information content (AvgIpc) is 2.37. The molecule has 0 saturated carbocycles. The third-order valence-electron chi connectivity index (χ3n) is 2.84. The van der Waals surface area contributed by atoms with Gasteiger partial charge in [-0.25, -0.2) is 4.79 Å². The van der Waals surface area contributed by atoms with Crippen molar-refractivity contribution in [2.75, 3.05) is 5.32 Å². The van der Waals surface area contributed by atoms with Gasteiger partial charge in [-0.05, 0) is 18.1 Å². The van der Waals surface area contributed by atoms with Gasteiger partial charge in [-0.1, -0.05) is 25.1 Å². The lowest BCUT2D eigenvalue weighted by molar-refractivity contribution is -0.115. The number of anilines is 1. The molecule has 1 heterocycles. The smallest absolute Gasteiger partial charge is 0.325 e. The van der Waals surface area contributed by atoms with Crippen molar-refractivity contribution in [1.82, 2.24) is 9.97 Å². The molecule has 0 fully saturated rings. The van der Waals surface area contributed by atoms with E-state index < -0.39 is 11.2 Å². The number of carbonyl (C=O) groups is 1. The lowest BCUT2D eigenvalue weighted by Gasteiger charge is -2.09. The summed E-state index contributed by atoms with van der Waals surface area (Å²) in [5, 5.41) is 2.78. The molecular weight excluding hydrogens is 258 g/mol. The lowest BCUT2D eigenvalue weighted by Crippen LogP contribution is -2.25. The Bertz CT molecular complexity index is 702. The van der Waals surface area contributed by atoms with Crippen LogP contribution in [0.5, 0.6) is 0 Å². The predicted molar refractivity (Wildman–Crippen MR) is 75.8 cm³/mol. The van der Waals surface area contributed by atoms with Crippen LogP contribution in [-0.4, -0.2) is 15.9 Å². The van der Waals surface area contributed by atoms with Gasteiger partial charge in [0.05, 0.1) is 6.42 Å². The van der Waals surface area contributed by atoms with Crippen molar-refractivity contribution >= 4 is 11.6 Å². The Morgan fingerprint density at radius 1 is 1.20 bits per heavy atom. The third-order valence-corrected chi connectivity index (χ3v) is 2.84. The third kappa shape index (κ3) is 3.44. The molecule has 0 aliphatic heterocycles. The minimum atomic E-state index is -0.616. The van der Waals surface area contributed by atoms with Gasteiger partial charge in [0.15, 0.2) is 0 Å². The van der Waals surface area contributed by atoms with E-state index in [-0.39, 0.29) is 18.0 Å². The zero-order chi connectivity index (χ0) is 14.5. The van der Waals surface area contributed by atoms with Gasteiger partial charge in [0, 0.05) is 17.4 Å². The lowest BCUT2D eigenvalue weighted by atomic mass is 10.1. The average molecular weight is 273 g/mol. The molecule has 1 amide bonds. The van der Waals surface area contributed by atoms with Crippen LogP contribution in [0.25, 0.3) is 0 Å². The second kappa shape index (κ2) is 6.01. The Hall–Kier alpha value is -2.63. The summed E-state index contributed by atoms with van der Waals surface area (Å²) in [6.07, 6.45) is 0.746. The Morgan fingerprint density at radius 2 is 1.95 bits per heavy atom. The molecule has 0 bridgehead atoms. The monoisotopic (exact) mass is 273 g/mol. The summed E-state index contributed by atoms with van der Waals surface area (Å²) in [5.41, 5.74) is 0.914.